The van der Waals surface area contributed by atoms with E-state index in [0.29, 0.717) is 17.4 Å². The largest absolute Gasteiger partial charge is 0.328 e. The van der Waals surface area contributed by atoms with Crippen molar-refractivity contribution in [2.45, 2.75) is 78.8 Å². The number of hydrogen-bond acceptors (Lipinski definition) is 2. The van der Waals surface area contributed by atoms with Gasteiger partial charge in [-0.3, -0.25) is 0 Å². The first-order chi connectivity index (χ1) is 7.08. The van der Waals surface area contributed by atoms with Gasteiger partial charge in [0.2, 0.25) is 0 Å². The van der Waals surface area contributed by atoms with E-state index in [4.69, 9.17) is 11.5 Å². The average molecular weight is 228 g/mol. The first-order valence-corrected chi connectivity index (χ1v) is 6.63. The zero-order valence-electron chi connectivity index (χ0n) is 12.1. The van der Waals surface area contributed by atoms with Crippen LogP contribution in [0.15, 0.2) is 0 Å². The van der Waals surface area contributed by atoms with Gasteiger partial charge in [-0.25, -0.2) is 0 Å². The summed E-state index contributed by atoms with van der Waals surface area (Å²) in [6.07, 6.45) is 4.58. The molecule has 0 aromatic heterocycles. The first-order valence-electron chi connectivity index (χ1n) is 6.63. The van der Waals surface area contributed by atoms with Crippen molar-refractivity contribution in [1.82, 2.24) is 0 Å². The van der Waals surface area contributed by atoms with Gasteiger partial charge in [0.05, 0.1) is 0 Å². The molecule has 0 aliphatic heterocycles. The van der Waals surface area contributed by atoms with Crippen LogP contribution in [0, 0.1) is 11.3 Å². The molecule has 98 valence electrons. The minimum atomic E-state index is -0.0665. The van der Waals surface area contributed by atoms with E-state index in [0.717, 1.165) is 12.8 Å². The lowest BCUT2D eigenvalue weighted by atomic mass is 9.76. The molecule has 0 bridgehead atoms. The molecule has 0 amide bonds. The molecule has 16 heavy (non-hydrogen) atoms. The second kappa shape index (κ2) is 6.02. The molecule has 0 rings (SSSR count). The predicted molar refractivity (Wildman–Crippen MR) is 73.3 cm³/mol. The van der Waals surface area contributed by atoms with Crippen LogP contribution in [0.1, 0.15) is 67.2 Å². The van der Waals surface area contributed by atoms with Gasteiger partial charge in [-0.05, 0) is 50.9 Å². The standard InChI is InChI=1S/C14H32N2/c1-7-12(15)10-13(3,4)9-8-11(2)14(5,6)16/h11-12H,7-10,15-16H2,1-6H3. The van der Waals surface area contributed by atoms with Gasteiger partial charge < -0.3 is 11.5 Å². The second-order valence-electron chi connectivity index (χ2n) is 6.80. The van der Waals surface area contributed by atoms with E-state index in [1.165, 1.54) is 12.8 Å². The fraction of sp³-hybridized carbons (Fsp3) is 1.00. The zero-order valence-corrected chi connectivity index (χ0v) is 12.1. The highest BCUT2D eigenvalue weighted by Crippen LogP contribution is 2.32. The van der Waals surface area contributed by atoms with Gasteiger partial charge in [-0.2, -0.15) is 0 Å². The second-order valence-corrected chi connectivity index (χ2v) is 6.80. The summed E-state index contributed by atoms with van der Waals surface area (Å²) in [5.74, 6) is 0.560. The van der Waals surface area contributed by atoms with E-state index >= 15 is 0 Å². The Balaban J connectivity index is 4.08. The molecular formula is C14H32N2. The third-order valence-electron chi connectivity index (χ3n) is 3.86. The molecule has 0 spiro atoms. The number of rotatable bonds is 7. The van der Waals surface area contributed by atoms with Crippen LogP contribution in [-0.2, 0) is 0 Å². The van der Waals surface area contributed by atoms with Gasteiger partial charge in [0.15, 0.2) is 0 Å². The molecule has 0 heterocycles. The van der Waals surface area contributed by atoms with Crippen LogP contribution in [0.5, 0.6) is 0 Å². The van der Waals surface area contributed by atoms with Crippen molar-refractivity contribution < 1.29 is 0 Å². The minimum Gasteiger partial charge on any atom is -0.328 e. The van der Waals surface area contributed by atoms with Gasteiger partial charge in [-0.15, -0.1) is 0 Å². The molecule has 0 radical (unpaired) electrons. The van der Waals surface area contributed by atoms with E-state index in [1.807, 2.05) is 0 Å². The molecule has 0 saturated heterocycles. The molecule has 2 nitrogen and oxygen atoms in total. The number of hydrogen-bond donors (Lipinski definition) is 2. The fourth-order valence-corrected chi connectivity index (χ4v) is 1.94. The Morgan fingerprint density at radius 1 is 1.12 bits per heavy atom. The maximum absolute atomic E-state index is 6.11. The Morgan fingerprint density at radius 3 is 2.00 bits per heavy atom. The lowest BCUT2D eigenvalue weighted by molar-refractivity contribution is 0.226. The molecule has 4 N–H and O–H groups in total. The Hall–Kier alpha value is -0.0800. The molecular weight excluding hydrogens is 196 g/mol. The van der Waals surface area contributed by atoms with Gasteiger partial charge in [0.1, 0.15) is 0 Å². The summed E-state index contributed by atoms with van der Waals surface area (Å²) in [7, 11) is 0. The first kappa shape index (κ1) is 15.9. The van der Waals surface area contributed by atoms with Gasteiger partial charge in [-0.1, -0.05) is 27.7 Å². The van der Waals surface area contributed by atoms with Gasteiger partial charge in [0.25, 0.3) is 0 Å². The SMILES string of the molecule is CCC(N)CC(C)(C)CCC(C)C(C)(C)N. The summed E-state index contributed by atoms with van der Waals surface area (Å²) in [5.41, 5.74) is 12.4. The van der Waals surface area contributed by atoms with Crippen LogP contribution >= 0.6 is 0 Å². The van der Waals surface area contributed by atoms with E-state index in [1.54, 1.807) is 0 Å². The molecule has 2 unspecified atom stereocenters. The van der Waals surface area contributed by atoms with Crippen molar-refractivity contribution in [2.75, 3.05) is 0 Å². The van der Waals surface area contributed by atoms with Crippen LogP contribution in [0.3, 0.4) is 0 Å². The maximum Gasteiger partial charge on any atom is 0.0123 e. The summed E-state index contributed by atoms with van der Waals surface area (Å²) in [6, 6.07) is 0.344. The summed E-state index contributed by atoms with van der Waals surface area (Å²) >= 11 is 0. The van der Waals surface area contributed by atoms with Crippen LogP contribution in [-0.4, -0.2) is 11.6 Å². The minimum absolute atomic E-state index is 0.0665. The van der Waals surface area contributed by atoms with Crippen molar-refractivity contribution in [3.05, 3.63) is 0 Å². The van der Waals surface area contributed by atoms with Crippen LogP contribution in [0.25, 0.3) is 0 Å². The van der Waals surface area contributed by atoms with Gasteiger partial charge >= 0.3 is 0 Å². The highest BCUT2D eigenvalue weighted by atomic mass is 14.7. The lowest BCUT2D eigenvalue weighted by Crippen LogP contribution is -2.40. The topological polar surface area (TPSA) is 52.0 Å². The van der Waals surface area contributed by atoms with Crippen molar-refractivity contribution in [2.24, 2.45) is 22.8 Å². The highest BCUT2D eigenvalue weighted by Gasteiger charge is 2.25. The molecule has 0 aliphatic rings. The van der Waals surface area contributed by atoms with Crippen molar-refractivity contribution in [3.8, 4) is 0 Å². The van der Waals surface area contributed by atoms with Crippen molar-refractivity contribution in [1.29, 1.82) is 0 Å². The van der Waals surface area contributed by atoms with Crippen LogP contribution in [0.4, 0.5) is 0 Å². The summed E-state index contributed by atoms with van der Waals surface area (Å²) in [6.45, 7) is 13.3. The maximum atomic E-state index is 6.11. The quantitative estimate of drug-likeness (QED) is 0.702. The molecule has 0 aliphatic carbocycles. The zero-order chi connectivity index (χ0) is 13.0. The van der Waals surface area contributed by atoms with Crippen LogP contribution < -0.4 is 11.5 Å². The van der Waals surface area contributed by atoms with E-state index < -0.39 is 0 Å². The average Bonchev–Trinajstić information content (AvgIpc) is 2.11. The molecule has 0 aromatic carbocycles. The Bertz CT molecular complexity index is 191. The van der Waals surface area contributed by atoms with E-state index in [-0.39, 0.29) is 5.54 Å². The van der Waals surface area contributed by atoms with Crippen LogP contribution in [0.2, 0.25) is 0 Å². The Labute approximate surface area is 102 Å². The predicted octanol–water partition coefficient (Wildman–Crippen LogP) is 3.29. The number of nitrogens with two attached hydrogens (primary N) is 2. The lowest BCUT2D eigenvalue weighted by Gasteiger charge is -2.32. The van der Waals surface area contributed by atoms with E-state index in [2.05, 4.69) is 41.5 Å². The Kier molecular flexibility index (Phi) is 5.99. The summed E-state index contributed by atoms with van der Waals surface area (Å²) < 4.78 is 0. The molecule has 0 aromatic rings. The third kappa shape index (κ3) is 6.49. The normalized spacial score (nSPS) is 17.2. The molecule has 0 saturated carbocycles. The Morgan fingerprint density at radius 2 is 1.62 bits per heavy atom. The summed E-state index contributed by atoms with van der Waals surface area (Å²) in [5, 5.41) is 0. The van der Waals surface area contributed by atoms with Gasteiger partial charge in [0, 0.05) is 11.6 Å². The molecule has 2 heteroatoms. The van der Waals surface area contributed by atoms with Crippen molar-refractivity contribution >= 4 is 0 Å². The smallest absolute Gasteiger partial charge is 0.0123 e. The van der Waals surface area contributed by atoms with Crippen molar-refractivity contribution in [3.63, 3.8) is 0 Å². The molecule has 0 fully saturated rings. The fourth-order valence-electron chi connectivity index (χ4n) is 1.94. The van der Waals surface area contributed by atoms with E-state index in [9.17, 15) is 0 Å². The summed E-state index contributed by atoms with van der Waals surface area (Å²) in [4.78, 5) is 0. The highest BCUT2D eigenvalue weighted by molar-refractivity contribution is 4.82. The monoisotopic (exact) mass is 228 g/mol. The molecule has 2 atom stereocenters. The third-order valence-corrected chi connectivity index (χ3v) is 3.86.